The molecule has 0 saturated heterocycles. The van der Waals surface area contributed by atoms with Gasteiger partial charge in [-0.2, -0.15) is 0 Å². The van der Waals surface area contributed by atoms with Crippen molar-refractivity contribution in [2.45, 2.75) is 71.6 Å². The predicted molar refractivity (Wildman–Crippen MR) is 96.1 cm³/mol. The van der Waals surface area contributed by atoms with Crippen LogP contribution in [-0.2, 0) is 0 Å². The van der Waals surface area contributed by atoms with Crippen molar-refractivity contribution in [1.82, 2.24) is 0 Å². The zero-order chi connectivity index (χ0) is 16.5. The molecule has 0 radical (unpaired) electrons. The lowest BCUT2D eigenvalue weighted by atomic mass is 9.63. The van der Waals surface area contributed by atoms with Gasteiger partial charge in [0.15, 0.2) is 0 Å². The minimum absolute atomic E-state index is 0.555. The van der Waals surface area contributed by atoms with Crippen LogP contribution in [0, 0.1) is 11.3 Å². The number of carbonyl (C=O) groups is 1. The smallest absolute Gasteiger partial charge is 0.150 e. The SMILES string of the molecule is CCCC(C)C1(CCCOc2ccc(C=O)cc2)CCCCC1. The number of aldehydes is 1. The van der Waals surface area contributed by atoms with Gasteiger partial charge in [0.2, 0.25) is 0 Å². The Hall–Kier alpha value is -1.31. The summed E-state index contributed by atoms with van der Waals surface area (Å²) < 4.78 is 5.87. The van der Waals surface area contributed by atoms with E-state index < -0.39 is 0 Å². The van der Waals surface area contributed by atoms with Gasteiger partial charge in [-0.1, -0.05) is 46.0 Å². The summed E-state index contributed by atoms with van der Waals surface area (Å²) in [6.45, 7) is 5.55. The number of carbonyl (C=O) groups excluding carboxylic acids is 1. The number of hydrogen-bond acceptors (Lipinski definition) is 2. The molecule has 0 aliphatic heterocycles. The molecule has 1 atom stereocenters. The zero-order valence-electron chi connectivity index (χ0n) is 14.9. The molecule has 1 fully saturated rings. The van der Waals surface area contributed by atoms with E-state index in [0.29, 0.717) is 11.0 Å². The highest BCUT2D eigenvalue weighted by Gasteiger charge is 2.36. The van der Waals surface area contributed by atoms with Gasteiger partial charge in [-0.25, -0.2) is 0 Å². The highest BCUT2D eigenvalue weighted by Crippen LogP contribution is 2.47. The number of hydrogen-bond donors (Lipinski definition) is 0. The van der Waals surface area contributed by atoms with Crippen molar-refractivity contribution in [1.29, 1.82) is 0 Å². The summed E-state index contributed by atoms with van der Waals surface area (Å²) in [4.78, 5) is 10.7. The second-order valence-electron chi connectivity index (χ2n) is 7.25. The zero-order valence-corrected chi connectivity index (χ0v) is 14.9. The first-order valence-electron chi connectivity index (χ1n) is 9.38. The molecule has 2 rings (SSSR count). The van der Waals surface area contributed by atoms with Crippen LogP contribution in [0.2, 0.25) is 0 Å². The number of rotatable bonds is 9. The molecule has 1 aliphatic carbocycles. The lowest BCUT2D eigenvalue weighted by Crippen LogP contribution is -2.32. The van der Waals surface area contributed by atoms with Crippen molar-refractivity contribution in [2.75, 3.05) is 6.61 Å². The largest absolute Gasteiger partial charge is 0.494 e. The molecule has 0 bridgehead atoms. The monoisotopic (exact) mass is 316 g/mol. The normalized spacial score (nSPS) is 18.3. The Kier molecular flexibility index (Phi) is 7.14. The Balaban J connectivity index is 1.82. The molecule has 1 aromatic carbocycles. The van der Waals surface area contributed by atoms with Crippen LogP contribution in [0.5, 0.6) is 5.75 Å². The third kappa shape index (κ3) is 5.09. The molecule has 128 valence electrons. The minimum Gasteiger partial charge on any atom is -0.494 e. The van der Waals surface area contributed by atoms with Gasteiger partial charge < -0.3 is 4.74 Å². The van der Waals surface area contributed by atoms with Gasteiger partial charge in [0.25, 0.3) is 0 Å². The van der Waals surface area contributed by atoms with Crippen LogP contribution in [-0.4, -0.2) is 12.9 Å². The molecule has 0 N–H and O–H groups in total. The van der Waals surface area contributed by atoms with Crippen LogP contribution in [0.15, 0.2) is 24.3 Å². The molecular formula is C21H32O2. The maximum absolute atomic E-state index is 10.7. The summed E-state index contributed by atoms with van der Waals surface area (Å²) in [5, 5.41) is 0. The first-order chi connectivity index (χ1) is 11.2. The molecule has 23 heavy (non-hydrogen) atoms. The van der Waals surface area contributed by atoms with Gasteiger partial charge in [0.05, 0.1) is 6.61 Å². The lowest BCUT2D eigenvalue weighted by molar-refractivity contribution is 0.0793. The lowest BCUT2D eigenvalue weighted by Gasteiger charge is -2.43. The van der Waals surface area contributed by atoms with Crippen LogP contribution in [0.1, 0.15) is 82.0 Å². The number of ether oxygens (including phenoxy) is 1. The second-order valence-corrected chi connectivity index (χ2v) is 7.25. The van der Waals surface area contributed by atoms with Gasteiger partial charge >= 0.3 is 0 Å². The highest BCUT2D eigenvalue weighted by molar-refractivity contribution is 5.74. The first kappa shape index (κ1) is 18.0. The second kappa shape index (κ2) is 9.10. The summed E-state index contributed by atoms with van der Waals surface area (Å²) in [7, 11) is 0. The van der Waals surface area contributed by atoms with Gasteiger partial charge in [-0.3, -0.25) is 4.79 Å². The molecule has 1 aliphatic rings. The van der Waals surface area contributed by atoms with E-state index in [0.717, 1.165) is 31.0 Å². The van der Waals surface area contributed by atoms with Crippen LogP contribution in [0.4, 0.5) is 0 Å². The van der Waals surface area contributed by atoms with E-state index in [4.69, 9.17) is 4.74 Å². The maximum atomic E-state index is 10.7. The third-order valence-electron chi connectivity index (χ3n) is 5.72. The molecule has 2 nitrogen and oxygen atoms in total. The molecule has 1 unspecified atom stereocenters. The summed E-state index contributed by atoms with van der Waals surface area (Å²) in [5.74, 6) is 1.70. The summed E-state index contributed by atoms with van der Waals surface area (Å²) in [5.41, 5.74) is 1.26. The van der Waals surface area contributed by atoms with Gasteiger partial charge in [-0.05, 0) is 61.3 Å². The van der Waals surface area contributed by atoms with E-state index in [1.807, 2.05) is 24.3 Å². The Morgan fingerprint density at radius 3 is 2.48 bits per heavy atom. The summed E-state index contributed by atoms with van der Waals surface area (Å²) in [6.07, 6.45) is 13.0. The fourth-order valence-electron chi connectivity index (χ4n) is 4.24. The Morgan fingerprint density at radius 1 is 1.17 bits per heavy atom. The van der Waals surface area contributed by atoms with E-state index in [1.54, 1.807) is 0 Å². The molecule has 1 saturated carbocycles. The maximum Gasteiger partial charge on any atom is 0.150 e. The fraction of sp³-hybridized carbons (Fsp3) is 0.667. The van der Waals surface area contributed by atoms with Crippen molar-refractivity contribution in [2.24, 2.45) is 11.3 Å². The van der Waals surface area contributed by atoms with Gasteiger partial charge in [0, 0.05) is 5.56 Å². The topological polar surface area (TPSA) is 26.3 Å². The van der Waals surface area contributed by atoms with Crippen molar-refractivity contribution < 1.29 is 9.53 Å². The first-order valence-corrected chi connectivity index (χ1v) is 9.38. The molecule has 0 aromatic heterocycles. The molecule has 1 aromatic rings. The Bertz CT molecular complexity index is 457. The summed E-state index contributed by atoms with van der Waals surface area (Å²) in [6, 6.07) is 7.40. The molecular weight excluding hydrogens is 284 g/mol. The molecule has 0 amide bonds. The standard InChI is InChI=1S/C21H32O2/c1-3-8-18(2)21(13-5-4-6-14-21)15-7-16-23-20-11-9-19(17-22)10-12-20/h9-12,17-18H,3-8,13-16H2,1-2H3. The van der Waals surface area contributed by atoms with E-state index in [9.17, 15) is 4.79 Å². The minimum atomic E-state index is 0.555. The van der Waals surface area contributed by atoms with E-state index >= 15 is 0 Å². The van der Waals surface area contributed by atoms with Crippen LogP contribution in [0.3, 0.4) is 0 Å². The quantitative estimate of drug-likeness (QED) is 0.410. The third-order valence-corrected chi connectivity index (χ3v) is 5.72. The van der Waals surface area contributed by atoms with E-state index in [-0.39, 0.29) is 0 Å². The van der Waals surface area contributed by atoms with Crippen molar-refractivity contribution >= 4 is 6.29 Å². The van der Waals surface area contributed by atoms with E-state index in [1.165, 1.54) is 51.4 Å². The van der Waals surface area contributed by atoms with Crippen LogP contribution < -0.4 is 4.74 Å². The average Bonchev–Trinajstić information content (AvgIpc) is 2.60. The van der Waals surface area contributed by atoms with Crippen LogP contribution in [0.25, 0.3) is 0 Å². The molecule has 2 heteroatoms. The van der Waals surface area contributed by atoms with E-state index in [2.05, 4.69) is 13.8 Å². The van der Waals surface area contributed by atoms with Crippen molar-refractivity contribution in [3.8, 4) is 5.75 Å². The van der Waals surface area contributed by atoms with Gasteiger partial charge in [-0.15, -0.1) is 0 Å². The molecule has 0 spiro atoms. The van der Waals surface area contributed by atoms with Crippen molar-refractivity contribution in [3.63, 3.8) is 0 Å². The highest BCUT2D eigenvalue weighted by atomic mass is 16.5. The average molecular weight is 316 g/mol. The van der Waals surface area contributed by atoms with Crippen molar-refractivity contribution in [3.05, 3.63) is 29.8 Å². The Morgan fingerprint density at radius 2 is 1.87 bits per heavy atom. The van der Waals surface area contributed by atoms with Crippen LogP contribution >= 0.6 is 0 Å². The molecule has 0 heterocycles. The summed E-state index contributed by atoms with van der Waals surface area (Å²) >= 11 is 0. The van der Waals surface area contributed by atoms with Gasteiger partial charge in [0.1, 0.15) is 12.0 Å². The predicted octanol–water partition coefficient (Wildman–Crippen LogP) is 6.04. The Labute approximate surface area is 141 Å². The number of benzene rings is 1. The fourth-order valence-corrected chi connectivity index (χ4v) is 4.24.